The Morgan fingerprint density at radius 2 is 1.59 bits per heavy atom. The van der Waals surface area contributed by atoms with Crippen molar-refractivity contribution in [2.24, 2.45) is 0 Å². The van der Waals surface area contributed by atoms with E-state index in [4.69, 9.17) is 0 Å². The minimum absolute atomic E-state index is 1.09. The highest BCUT2D eigenvalue weighted by atomic mass is 14.2. The SMILES string of the molecule is C=Cc1ccc(-c2ccc3cc(C)ccc3c2)c2ccc(C)c(C(=C)C)c12. The average molecular weight is 348 g/mol. The van der Waals surface area contributed by atoms with Gasteiger partial charge in [-0.2, -0.15) is 0 Å². The molecule has 0 unspecified atom stereocenters. The lowest BCUT2D eigenvalue weighted by atomic mass is 9.87. The molecule has 0 aliphatic heterocycles. The number of aryl methyl sites for hydroxylation is 2. The number of fused-ring (bicyclic) bond motifs is 2. The fourth-order valence-corrected chi connectivity index (χ4v) is 4.08. The molecular formula is C27H24. The molecule has 0 fully saturated rings. The molecule has 4 aromatic rings. The standard InChI is InChI=1S/C27H24/c1-6-20-12-14-24(25-13-8-19(5)26(17(2)3)27(20)25)23-11-10-21-15-18(4)7-9-22(21)16-23/h6-16H,1-2H2,3-5H3. The van der Waals surface area contributed by atoms with Crippen LogP contribution in [0.25, 0.3) is 44.3 Å². The molecule has 0 heteroatoms. The Balaban J connectivity index is 2.06. The quantitative estimate of drug-likeness (QED) is 0.352. The lowest BCUT2D eigenvalue weighted by molar-refractivity contribution is 1.44. The molecule has 0 bridgehead atoms. The van der Waals surface area contributed by atoms with Crippen molar-refractivity contribution >= 4 is 33.2 Å². The lowest BCUT2D eigenvalue weighted by Crippen LogP contribution is -1.93. The summed E-state index contributed by atoms with van der Waals surface area (Å²) >= 11 is 0. The molecule has 0 aliphatic rings. The van der Waals surface area contributed by atoms with Gasteiger partial charge < -0.3 is 0 Å². The number of benzene rings is 4. The molecule has 4 rings (SSSR count). The lowest BCUT2D eigenvalue weighted by Gasteiger charge is -2.16. The first-order valence-corrected chi connectivity index (χ1v) is 9.35. The second kappa shape index (κ2) is 6.55. The minimum Gasteiger partial charge on any atom is -0.0984 e. The molecule has 27 heavy (non-hydrogen) atoms. The second-order valence-corrected chi connectivity index (χ2v) is 7.43. The maximum Gasteiger partial charge on any atom is -0.00277 e. The summed E-state index contributed by atoms with van der Waals surface area (Å²) in [6.45, 7) is 14.6. The summed E-state index contributed by atoms with van der Waals surface area (Å²) in [5, 5.41) is 5.05. The molecule has 0 saturated carbocycles. The van der Waals surface area contributed by atoms with Gasteiger partial charge in [0, 0.05) is 0 Å². The minimum atomic E-state index is 1.09. The van der Waals surface area contributed by atoms with Gasteiger partial charge in [0.1, 0.15) is 0 Å². The van der Waals surface area contributed by atoms with Crippen LogP contribution in [-0.2, 0) is 0 Å². The maximum atomic E-state index is 4.23. The summed E-state index contributed by atoms with van der Waals surface area (Å²) in [5.41, 5.74) is 8.52. The first kappa shape index (κ1) is 17.3. The van der Waals surface area contributed by atoms with E-state index in [0.717, 1.165) is 11.1 Å². The van der Waals surface area contributed by atoms with Crippen LogP contribution in [-0.4, -0.2) is 0 Å². The summed E-state index contributed by atoms with van der Waals surface area (Å²) in [4.78, 5) is 0. The maximum absolute atomic E-state index is 4.23. The summed E-state index contributed by atoms with van der Waals surface area (Å²) < 4.78 is 0. The van der Waals surface area contributed by atoms with Crippen molar-refractivity contribution in [2.75, 3.05) is 0 Å². The normalized spacial score (nSPS) is 11.1. The van der Waals surface area contributed by atoms with Crippen molar-refractivity contribution in [3.8, 4) is 11.1 Å². The summed E-state index contributed by atoms with van der Waals surface area (Å²) in [6, 6.07) is 22.2. The smallest absolute Gasteiger partial charge is 0.00277 e. The van der Waals surface area contributed by atoms with Crippen LogP contribution >= 0.6 is 0 Å². The third-order valence-corrected chi connectivity index (χ3v) is 5.38. The monoisotopic (exact) mass is 348 g/mol. The van der Waals surface area contributed by atoms with Gasteiger partial charge in [0.15, 0.2) is 0 Å². The van der Waals surface area contributed by atoms with Gasteiger partial charge in [-0.3, -0.25) is 0 Å². The molecule has 0 atom stereocenters. The largest absolute Gasteiger partial charge is 0.0984 e. The molecule has 0 N–H and O–H groups in total. The topological polar surface area (TPSA) is 0 Å². The van der Waals surface area contributed by atoms with Gasteiger partial charge in [-0.15, -0.1) is 0 Å². The van der Waals surface area contributed by atoms with Crippen molar-refractivity contribution < 1.29 is 0 Å². The third kappa shape index (κ3) is 2.88. The van der Waals surface area contributed by atoms with E-state index in [0.29, 0.717) is 0 Å². The Kier molecular flexibility index (Phi) is 4.20. The Bertz CT molecular complexity index is 1220. The van der Waals surface area contributed by atoms with Crippen molar-refractivity contribution in [2.45, 2.75) is 20.8 Å². The number of hydrogen-bond donors (Lipinski definition) is 0. The van der Waals surface area contributed by atoms with Crippen molar-refractivity contribution in [1.82, 2.24) is 0 Å². The third-order valence-electron chi connectivity index (χ3n) is 5.38. The summed E-state index contributed by atoms with van der Waals surface area (Å²) in [7, 11) is 0. The first-order chi connectivity index (χ1) is 13.0. The highest BCUT2D eigenvalue weighted by Gasteiger charge is 2.13. The number of rotatable bonds is 3. The molecule has 0 aromatic heterocycles. The van der Waals surface area contributed by atoms with E-state index in [1.54, 1.807) is 0 Å². The van der Waals surface area contributed by atoms with E-state index >= 15 is 0 Å². The van der Waals surface area contributed by atoms with Crippen LogP contribution in [0.5, 0.6) is 0 Å². The zero-order chi connectivity index (χ0) is 19.1. The van der Waals surface area contributed by atoms with E-state index in [1.807, 2.05) is 6.08 Å². The molecule has 0 radical (unpaired) electrons. The Morgan fingerprint density at radius 3 is 2.33 bits per heavy atom. The van der Waals surface area contributed by atoms with E-state index in [-0.39, 0.29) is 0 Å². The highest BCUT2D eigenvalue weighted by Crippen LogP contribution is 2.37. The molecule has 0 nitrogen and oxygen atoms in total. The van der Waals surface area contributed by atoms with E-state index in [9.17, 15) is 0 Å². The molecule has 0 saturated heterocycles. The fourth-order valence-electron chi connectivity index (χ4n) is 4.08. The van der Waals surface area contributed by atoms with Crippen LogP contribution in [0.4, 0.5) is 0 Å². The second-order valence-electron chi connectivity index (χ2n) is 7.43. The van der Waals surface area contributed by atoms with Gasteiger partial charge >= 0.3 is 0 Å². The Labute approximate surface area is 161 Å². The molecular weight excluding hydrogens is 324 g/mol. The van der Waals surface area contributed by atoms with E-state index < -0.39 is 0 Å². The molecule has 0 spiro atoms. The molecule has 132 valence electrons. The summed E-state index contributed by atoms with van der Waals surface area (Å²) in [6.07, 6.45) is 1.95. The predicted octanol–water partition coefficient (Wildman–Crippen LogP) is 7.95. The van der Waals surface area contributed by atoms with Crippen LogP contribution in [0.3, 0.4) is 0 Å². The molecule has 0 aliphatic carbocycles. The van der Waals surface area contributed by atoms with Gasteiger partial charge in [0.25, 0.3) is 0 Å². The van der Waals surface area contributed by atoms with Crippen molar-refractivity contribution in [3.05, 3.63) is 96.1 Å². The van der Waals surface area contributed by atoms with Gasteiger partial charge in [-0.05, 0) is 76.2 Å². The van der Waals surface area contributed by atoms with Crippen molar-refractivity contribution in [1.29, 1.82) is 0 Å². The highest BCUT2D eigenvalue weighted by molar-refractivity contribution is 6.07. The molecule has 4 aromatic carbocycles. The Morgan fingerprint density at radius 1 is 0.852 bits per heavy atom. The molecule has 0 heterocycles. The fraction of sp³-hybridized carbons (Fsp3) is 0.111. The zero-order valence-corrected chi connectivity index (χ0v) is 16.3. The summed E-state index contributed by atoms with van der Waals surface area (Å²) in [5.74, 6) is 0. The van der Waals surface area contributed by atoms with Crippen LogP contribution in [0.15, 0.2) is 73.8 Å². The van der Waals surface area contributed by atoms with E-state index in [1.165, 1.54) is 49.4 Å². The number of allylic oxidation sites excluding steroid dienone is 1. The van der Waals surface area contributed by atoms with Gasteiger partial charge in [-0.25, -0.2) is 0 Å². The first-order valence-electron chi connectivity index (χ1n) is 9.35. The predicted molar refractivity (Wildman–Crippen MR) is 121 cm³/mol. The van der Waals surface area contributed by atoms with Gasteiger partial charge in [0.2, 0.25) is 0 Å². The Hall–Kier alpha value is -3.12. The molecule has 0 amide bonds. The van der Waals surface area contributed by atoms with Crippen LogP contribution < -0.4 is 0 Å². The van der Waals surface area contributed by atoms with Gasteiger partial charge in [0.05, 0.1) is 0 Å². The number of hydrogen-bond acceptors (Lipinski definition) is 0. The van der Waals surface area contributed by atoms with Crippen LogP contribution in [0, 0.1) is 13.8 Å². The van der Waals surface area contributed by atoms with E-state index in [2.05, 4.69) is 94.6 Å². The van der Waals surface area contributed by atoms with Crippen LogP contribution in [0.1, 0.15) is 29.2 Å². The zero-order valence-electron chi connectivity index (χ0n) is 16.3. The van der Waals surface area contributed by atoms with Crippen molar-refractivity contribution in [3.63, 3.8) is 0 Å². The average Bonchev–Trinajstić information content (AvgIpc) is 2.66. The van der Waals surface area contributed by atoms with Crippen LogP contribution in [0.2, 0.25) is 0 Å². The van der Waals surface area contributed by atoms with Gasteiger partial charge in [-0.1, -0.05) is 85.0 Å².